The summed E-state index contributed by atoms with van der Waals surface area (Å²) in [6, 6.07) is 13.2. The first kappa shape index (κ1) is 23.4. The molecule has 7 nitrogen and oxygen atoms in total. The largest absolute Gasteiger partial charge is 0.493 e. The first-order valence-corrected chi connectivity index (χ1v) is 11.6. The van der Waals surface area contributed by atoms with Crippen LogP contribution in [0.4, 0.5) is 0 Å². The van der Waals surface area contributed by atoms with E-state index in [0.29, 0.717) is 41.9 Å². The number of benzene rings is 2. The minimum Gasteiger partial charge on any atom is -0.493 e. The number of carbonyl (C=O) groups excluding carboxylic acids is 1. The molecule has 0 aliphatic carbocycles. The van der Waals surface area contributed by atoms with E-state index in [1.165, 1.54) is 11.8 Å². The van der Waals surface area contributed by atoms with Crippen molar-refractivity contribution in [2.24, 2.45) is 4.99 Å². The number of methoxy groups -OCH3 is 1. The van der Waals surface area contributed by atoms with Gasteiger partial charge in [0.25, 0.3) is 5.91 Å². The lowest BCUT2D eigenvalue weighted by Gasteiger charge is -2.25. The average molecular weight is 476 g/mol. The molecule has 2 aromatic rings. The number of amidine groups is 2. The minimum atomic E-state index is -0.436. The maximum absolute atomic E-state index is 12.6. The van der Waals surface area contributed by atoms with Gasteiger partial charge in [-0.1, -0.05) is 36.0 Å². The number of aliphatic imine (C=N–C) groups is 1. The van der Waals surface area contributed by atoms with E-state index in [2.05, 4.69) is 11.6 Å². The topological polar surface area (TPSA) is 84.2 Å². The van der Waals surface area contributed by atoms with Gasteiger partial charge >= 0.3 is 0 Å². The molecular formula is C26H25N3O4S. The summed E-state index contributed by atoms with van der Waals surface area (Å²) in [5.41, 5.74) is 2.64. The van der Waals surface area contributed by atoms with E-state index in [-0.39, 0.29) is 11.4 Å². The number of nitrogens with one attached hydrogen (secondary N) is 1. The van der Waals surface area contributed by atoms with Crippen LogP contribution < -0.4 is 14.2 Å². The van der Waals surface area contributed by atoms with Crippen LogP contribution in [0, 0.1) is 5.41 Å². The summed E-state index contributed by atoms with van der Waals surface area (Å²) in [5.74, 6) is 1.57. The molecule has 34 heavy (non-hydrogen) atoms. The number of hydrogen-bond acceptors (Lipinski definition) is 6. The number of hydrogen-bond donors (Lipinski definition) is 1. The highest BCUT2D eigenvalue weighted by molar-refractivity contribution is 8.16. The lowest BCUT2D eigenvalue weighted by molar-refractivity contribution is -0.114. The fraction of sp³-hybridized carbons (Fsp3) is 0.192. The lowest BCUT2D eigenvalue weighted by atomic mass is 10.0. The predicted molar refractivity (Wildman–Crippen MR) is 136 cm³/mol. The molecule has 0 spiro atoms. The van der Waals surface area contributed by atoms with Gasteiger partial charge in [0.05, 0.1) is 12.7 Å². The Morgan fingerprint density at radius 1 is 1.18 bits per heavy atom. The number of amides is 1. The molecule has 0 aromatic heterocycles. The third-order valence-electron chi connectivity index (χ3n) is 5.18. The number of allylic oxidation sites excluding steroid dienone is 2. The molecule has 8 heteroatoms. The molecule has 0 atom stereocenters. The molecule has 1 amide bonds. The fourth-order valence-electron chi connectivity index (χ4n) is 3.62. The number of thioether (sulfide) groups is 1. The zero-order valence-corrected chi connectivity index (χ0v) is 19.9. The van der Waals surface area contributed by atoms with E-state index in [1.807, 2.05) is 48.7 Å². The molecule has 1 N–H and O–H groups in total. The number of fused-ring (bicyclic) bond motifs is 1. The Kier molecular flexibility index (Phi) is 7.18. The molecule has 2 aliphatic rings. The highest BCUT2D eigenvalue weighted by Crippen LogP contribution is 2.36. The van der Waals surface area contributed by atoms with Crippen LogP contribution >= 0.6 is 11.8 Å². The Labute approximate surface area is 202 Å². The summed E-state index contributed by atoms with van der Waals surface area (Å²) in [7, 11) is 1.57. The van der Waals surface area contributed by atoms with Gasteiger partial charge in [0.1, 0.15) is 24.8 Å². The second-order valence-electron chi connectivity index (χ2n) is 7.53. The summed E-state index contributed by atoms with van der Waals surface area (Å²) < 4.78 is 17.3. The van der Waals surface area contributed by atoms with Crippen LogP contribution in [0.3, 0.4) is 0 Å². The molecule has 2 heterocycles. The smallest absolute Gasteiger partial charge is 0.283 e. The van der Waals surface area contributed by atoms with Crippen molar-refractivity contribution in [1.82, 2.24) is 4.90 Å². The Morgan fingerprint density at radius 2 is 1.94 bits per heavy atom. The molecule has 2 aliphatic heterocycles. The highest BCUT2D eigenvalue weighted by Gasteiger charge is 2.34. The first-order chi connectivity index (χ1) is 16.5. The van der Waals surface area contributed by atoms with Gasteiger partial charge < -0.3 is 14.2 Å². The van der Waals surface area contributed by atoms with Crippen molar-refractivity contribution < 1.29 is 19.0 Å². The van der Waals surface area contributed by atoms with E-state index in [4.69, 9.17) is 19.6 Å². The van der Waals surface area contributed by atoms with Gasteiger partial charge in [0, 0.05) is 11.3 Å². The summed E-state index contributed by atoms with van der Waals surface area (Å²) in [6.07, 6.45) is 3.98. The van der Waals surface area contributed by atoms with Crippen molar-refractivity contribution in [3.63, 3.8) is 0 Å². The molecule has 0 saturated heterocycles. The maximum Gasteiger partial charge on any atom is 0.283 e. The normalized spacial score (nSPS) is 16.2. The minimum absolute atomic E-state index is 0.108. The van der Waals surface area contributed by atoms with Crippen LogP contribution in [0.2, 0.25) is 0 Å². The molecule has 4 rings (SSSR count). The quantitative estimate of drug-likeness (QED) is 0.310. The first-order valence-electron chi connectivity index (χ1n) is 10.7. The van der Waals surface area contributed by atoms with Crippen molar-refractivity contribution in [2.75, 3.05) is 20.3 Å². The molecule has 0 unspecified atom stereocenters. The molecule has 0 radical (unpaired) electrons. The van der Waals surface area contributed by atoms with Gasteiger partial charge in [0.2, 0.25) is 0 Å². The molecule has 0 bridgehead atoms. The Hall–Kier alpha value is -3.78. The van der Waals surface area contributed by atoms with Gasteiger partial charge in [0.15, 0.2) is 16.7 Å². The predicted octanol–water partition coefficient (Wildman–Crippen LogP) is 5.05. The van der Waals surface area contributed by atoms with Crippen LogP contribution in [0.15, 0.2) is 76.8 Å². The van der Waals surface area contributed by atoms with Crippen molar-refractivity contribution in [3.05, 3.63) is 82.9 Å². The van der Waals surface area contributed by atoms with E-state index in [9.17, 15) is 4.79 Å². The molecule has 0 fully saturated rings. The molecule has 0 saturated carbocycles. The number of nitrogens with zero attached hydrogens (tertiary/aromatic N) is 2. The van der Waals surface area contributed by atoms with Gasteiger partial charge in [-0.25, -0.2) is 0 Å². The summed E-state index contributed by atoms with van der Waals surface area (Å²) >= 11 is 1.34. The average Bonchev–Trinajstić information content (AvgIpc) is 3.21. The Morgan fingerprint density at radius 3 is 2.68 bits per heavy atom. The second-order valence-corrected chi connectivity index (χ2v) is 8.37. The van der Waals surface area contributed by atoms with Gasteiger partial charge in [-0.05, 0) is 54.7 Å². The summed E-state index contributed by atoms with van der Waals surface area (Å²) in [6.45, 7) is 6.43. The van der Waals surface area contributed by atoms with Crippen LogP contribution in [0.1, 0.15) is 18.1 Å². The van der Waals surface area contributed by atoms with Crippen LogP contribution in [-0.2, 0) is 11.2 Å². The highest BCUT2D eigenvalue weighted by atomic mass is 32.2. The van der Waals surface area contributed by atoms with Crippen molar-refractivity contribution >= 4 is 34.7 Å². The number of para-hydroxylation sites is 1. The Balaban J connectivity index is 1.58. The van der Waals surface area contributed by atoms with Crippen molar-refractivity contribution in [1.29, 1.82) is 5.41 Å². The molecule has 174 valence electrons. The monoisotopic (exact) mass is 475 g/mol. The SMILES string of the molecule is C=CCc1cc(/C=C2/C(=N)N3C(C)=CSC3=NC2=O)cc(OC)c1OCCOc1ccccc1. The summed E-state index contributed by atoms with van der Waals surface area (Å²) in [5, 5.41) is 10.9. The van der Waals surface area contributed by atoms with Crippen LogP contribution in [0.5, 0.6) is 17.2 Å². The lowest BCUT2D eigenvalue weighted by Crippen LogP contribution is -2.37. The van der Waals surface area contributed by atoms with Gasteiger partial charge in [-0.15, -0.1) is 6.58 Å². The Bertz CT molecular complexity index is 1220. The van der Waals surface area contributed by atoms with Crippen molar-refractivity contribution in [2.45, 2.75) is 13.3 Å². The molecule has 2 aromatic carbocycles. The second kappa shape index (κ2) is 10.4. The number of rotatable bonds is 9. The van der Waals surface area contributed by atoms with E-state index >= 15 is 0 Å². The standard InChI is InChI=1S/C26H25N3O4S/c1-4-8-19-13-18(14-21-24(27)29-17(2)16-34-26(29)28-25(21)30)15-22(31-3)23(19)33-12-11-32-20-9-6-5-7-10-20/h4-7,9-10,13-16,27H,1,8,11-12H2,2-3H3/b21-14-,27-24?. The third kappa shape index (κ3) is 4.92. The summed E-state index contributed by atoms with van der Waals surface area (Å²) in [4.78, 5) is 18.4. The molecular weight excluding hydrogens is 450 g/mol. The van der Waals surface area contributed by atoms with Gasteiger partial charge in [-0.3, -0.25) is 15.1 Å². The zero-order valence-electron chi connectivity index (χ0n) is 19.0. The van der Waals surface area contributed by atoms with E-state index < -0.39 is 5.91 Å². The number of ether oxygens (including phenoxy) is 3. The number of carbonyl (C=O) groups is 1. The maximum atomic E-state index is 12.6. The van der Waals surface area contributed by atoms with Gasteiger partial charge in [-0.2, -0.15) is 4.99 Å². The van der Waals surface area contributed by atoms with Crippen LogP contribution in [0.25, 0.3) is 6.08 Å². The van der Waals surface area contributed by atoms with E-state index in [0.717, 1.165) is 17.0 Å². The third-order valence-corrected chi connectivity index (χ3v) is 6.12. The van der Waals surface area contributed by atoms with Crippen LogP contribution in [-0.4, -0.2) is 42.1 Å². The fourth-order valence-corrected chi connectivity index (χ4v) is 4.48. The zero-order chi connectivity index (χ0) is 24.1. The van der Waals surface area contributed by atoms with E-state index in [1.54, 1.807) is 30.2 Å². The van der Waals surface area contributed by atoms with Crippen molar-refractivity contribution in [3.8, 4) is 17.2 Å².